The van der Waals surface area contributed by atoms with Gasteiger partial charge in [-0.3, -0.25) is 9.59 Å². The van der Waals surface area contributed by atoms with Crippen molar-refractivity contribution in [1.29, 1.82) is 0 Å². The number of β-lactam (4-membered cyclic amide) rings is 1. The Morgan fingerprint density at radius 3 is 2.70 bits per heavy atom. The van der Waals surface area contributed by atoms with E-state index < -0.39 is 5.54 Å². The van der Waals surface area contributed by atoms with Crippen LogP contribution in [0.3, 0.4) is 0 Å². The lowest BCUT2D eigenvalue weighted by Crippen LogP contribution is -2.65. The third kappa shape index (κ3) is 2.43. The van der Waals surface area contributed by atoms with Crippen molar-refractivity contribution in [1.82, 2.24) is 4.90 Å². The average molecular weight is 334 g/mol. The lowest BCUT2D eigenvalue weighted by Gasteiger charge is -2.49. The number of carbonyl (C=O) groups is 2. The van der Waals surface area contributed by atoms with Crippen LogP contribution in [0.2, 0.25) is 0 Å². The summed E-state index contributed by atoms with van der Waals surface area (Å²) in [6.07, 6.45) is 1.96. The minimum Gasteiger partial charge on any atom is -0.454 e. The van der Waals surface area contributed by atoms with Gasteiger partial charge in [-0.2, -0.15) is 11.8 Å². The number of anilines is 1. The molecule has 6 nitrogen and oxygen atoms in total. The Morgan fingerprint density at radius 2 is 2.00 bits per heavy atom. The maximum Gasteiger partial charge on any atom is 0.250 e. The topological polar surface area (TPSA) is 67.9 Å². The first kappa shape index (κ1) is 14.7. The van der Waals surface area contributed by atoms with Crippen LogP contribution in [0.5, 0.6) is 11.5 Å². The minimum atomic E-state index is -0.697. The summed E-state index contributed by atoms with van der Waals surface area (Å²) in [5.41, 5.74) is -0.0263. The number of benzene rings is 1. The third-order valence-electron chi connectivity index (χ3n) is 4.74. The second-order valence-electron chi connectivity index (χ2n) is 5.96. The molecule has 0 saturated carbocycles. The largest absolute Gasteiger partial charge is 0.454 e. The van der Waals surface area contributed by atoms with E-state index >= 15 is 0 Å². The molecule has 0 spiro atoms. The molecule has 3 aliphatic heterocycles. The molecule has 23 heavy (non-hydrogen) atoms. The summed E-state index contributed by atoms with van der Waals surface area (Å²) >= 11 is 1.84. The van der Waals surface area contributed by atoms with E-state index in [0.29, 0.717) is 43.0 Å². The minimum absolute atomic E-state index is 0.0812. The van der Waals surface area contributed by atoms with Crippen LogP contribution in [0.25, 0.3) is 0 Å². The summed E-state index contributed by atoms with van der Waals surface area (Å²) in [6.45, 7) is 0.883. The molecule has 1 N–H and O–H groups in total. The standard InChI is InChI=1S/C16H18N2O4S/c19-14-3-6-18(14)16(4-7-23-8-5-16)15(20)17-11-1-2-12-13(9-11)22-10-21-12/h1-2,9H,3-8,10H2,(H,17,20). The molecule has 1 aromatic rings. The molecule has 0 aromatic heterocycles. The number of ether oxygens (including phenoxy) is 2. The molecule has 0 radical (unpaired) electrons. The molecule has 0 unspecified atom stereocenters. The Kier molecular flexibility index (Phi) is 3.60. The van der Waals surface area contributed by atoms with Gasteiger partial charge in [0.25, 0.3) is 0 Å². The number of hydrogen-bond acceptors (Lipinski definition) is 5. The molecular weight excluding hydrogens is 316 g/mol. The number of nitrogens with one attached hydrogen (secondary N) is 1. The molecule has 122 valence electrons. The number of amides is 2. The molecule has 4 rings (SSSR count). The molecule has 0 bridgehead atoms. The molecule has 3 heterocycles. The Hall–Kier alpha value is -1.89. The van der Waals surface area contributed by atoms with Crippen LogP contribution in [0.1, 0.15) is 19.3 Å². The van der Waals surface area contributed by atoms with Crippen LogP contribution in [0, 0.1) is 0 Å². The molecule has 3 aliphatic rings. The van der Waals surface area contributed by atoms with Crippen molar-refractivity contribution in [2.75, 3.05) is 30.2 Å². The fraction of sp³-hybridized carbons (Fsp3) is 0.500. The van der Waals surface area contributed by atoms with E-state index in [2.05, 4.69) is 5.32 Å². The van der Waals surface area contributed by atoms with Crippen molar-refractivity contribution in [2.45, 2.75) is 24.8 Å². The first-order valence-corrected chi connectivity index (χ1v) is 8.94. The highest BCUT2D eigenvalue weighted by molar-refractivity contribution is 7.99. The van der Waals surface area contributed by atoms with Gasteiger partial charge in [0.1, 0.15) is 5.54 Å². The number of carbonyl (C=O) groups excluding carboxylic acids is 2. The van der Waals surface area contributed by atoms with Crippen LogP contribution < -0.4 is 14.8 Å². The summed E-state index contributed by atoms with van der Waals surface area (Å²) in [5.74, 6) is 3.11. The van der Waals surface area contributed by atoms with Gasteiger partial charge in [-0.25, -0.2) is 0 Å². The maximum absolute atomic E-state index is 13.0. The zero-order valence-corrected chi connectivity index (χ0v) is 13.5. The zero-order chi connectivity index (χ0) is 15.9. The van der Waals surface area contributed by atoms with Gasteiger partial charge in [0.05, 0.1) is 0 Å². The molecule has 2 fully saturated rings. The van der Waals surface area contributed by atoms with E-state index in [9.17, 15) is 9.59 Å². The summed E-state index contributed by atoms with van der Waals surface area (Å²) in [5, 5.41) is 2.97. The van der Waals surface area contributed by atoms with Gasteiger partial charge in [0.2, 0.25) is 18.6 Å². The molecule has 2 saturated heterocycles. The number of hydrogen-bond donors (Lipinski definition) is 1. The van der Waals surface area contributed by atoms with E-state index in [4.69, 9.17) is 9.47 Å². The summed E-state index contributed by atoms with van der Waals surface area (Å²) in [7, 11) is 0. The number of rotatable bonds is 3. The van der Waals surface area contributed by atoms with Crippen molar-refractivity contribution in [2.24, 2.45) is 0 Å². The maximum atomic E-state index is 13.0. The fourth-order valence-corrected chi connectivity index (χ4v) is 4.49. The van der Waals surface area contributed by atoms with E-state index in [1.165, 1.54) is 0 Å². The van der Waals surface area contributed by atoms with Gasteiger partial charge < -0.3 is 19.7 Å². The Morgan fingerprint density at radius 1 is 1.22 bits per heavy atom. The Balaban J connectivity index is 1.57. The lowest BCUT2D eigenvalue weighted by molar-refractivity contribution is -0.155. The number of fused-ring (bicyclic) bond motifs is 1. The van der Waals surface area contributed by atoms with Gasteiger partial charge in [0, 0.05) is 24.7 Å². The second-order valence-corrected chi connectivity index (χ2v) is 7.19. The van der Waals surface area contributed by atoms with Crippen molar-refractivity contribution >= 4 is 29.3 Å². The monoisotopic (exact) mass is 334 g/mol. The molecule has 0 aliphatic carbocycles. The molecule has 7 heteroatoms. The van der Waals surface area contributed by atoms with Gasteiger partial charge in [0.15, 0.2) is 11.5 Å². The molecule has 0 atom stereocenters. The van der Waals surface area contributed by atoms with Crippen molar-refractivity contribution in [3.8, 4) is 11.5 Å². The number of thioether (sulfide) groups is 1. The molecule has 1 aromatic carbocycles. The highest BCUT2D eigenvalue weighted by atomic mass is 32.2. The van der Waals surface area contributed by atoms with Crippen LogP contribution in [-0.4, -0.2) is 47.1 Å². The van der Waals surface area contributed by atoms with E-state index in [1.54, 1.807) is 23.1 Å². The smallest absolute Gasteiger partial charge is 0.250 e. The fourth-order valence-electron chi connectivity index (χ4n) is 3.32. The lowest BCUT2D eigenvalue weighted by atomic mass is 9.85. The van der Waals surface area contributed by atoms with Crippen LogP contribution in [-0.2, 0) is 9.59 Å². The molecular formula is C16H18N2O4S. The summed E-state index contributed by atoms with van der Waals surface area (Å²) in [4.78, 5) is 26.7. The highest BCUT2D eigenvalue weighted by Crippen LogP contribution is 2.38. The van der Waals surface area contributed by atoms with Crippen LogP contribution in [0.4, 0.5) is 5.69 Å². The molecule has 2 amide bonds. The Bertz CT molecular complexity index is 657. The highest BCUT2D eigenvalue weighted by Gasteiger charge is 2.50. The quantitative estimate of drug-likeness (QED) is 0.855. The van der Waals surface area contributed by atoms with E-state index in [0.717, 1.165) is 11.5 Å². The number of likely N-dealkylation sites (tertiary alicyclic amines) is 1. The van der Waals surface area contributed by atoms with Gasteiger partial charge >= 0.3 is 0 Å². The van der Waals surface area contributed by atoms with E-state index in [1.807, 2.05) is 11.8 Å². The predicted octanol–water partition coefficient (Wildman–Crippen LogP) is 1.85. The van der Waals surface area contributed by atoms with Crippen LogP contribution in [0.15, 0.2) is 18.2 Å². The van der Waals surface area contributed by atoms with Crippen molar-refractivity contribution in [3.63, 3.8) is 0 Å². The van der Waals surface area contributed by atoms with Gasteiger partial charge in [-0.05, 0) is 36.5 Å². The van der Waals surface area contributed by atoms with Crippen molar-refractivity contribution < 1.29 is 19.1 Å². The van der Waals surface area contributed by atoms with Crippen LogP contribution >= 0.6 is 11.8 Å². The first-order valence-electron chi connectivity index (χ1n) is 7.78. The Labute approximate surface area is 138 Å². The van der Waals surface area contributed by atoms with Gasteiger partial charge in [-0.1, -0.05) is 0 Å². The SMILES string of the molecule is O=C1CCN1C1(C(=O)Nc2ccc3c(c2)OCO3)CCSCC1. The average Bonchev–Trinajstić information content (AvgIpc) is 3.02. The third-order valence-corrected chi connectivity index (χ3v) is 5.73. The first-order chi connectivity index (χ1) is 11.2. The van der Waals surface area contributed by atoms with Gasteiger partial charge in [-0.15, -0.1) is 0 Å². The number of nitrogens with zero attached hydrogens (tertiary/aromatic N) is 1. The van der Waals surface area contributed by atoms with E-state index in [-0.39, 0.29) is 18.6 Å². The normalized spacial score (nSPS) is 21.7. The van der Waals surface area contributed by atoms with Crippen molar-refractivity contribution in [3.05, 3.63) is 18.2 Å². The summed E-state index contributed by atoms with van der Waals surface area (Å²) < 4.78 is 10.6. The predicted molar refractivity (Wildman–Crippen MR) is 86.8 cm³/mol. The second kappa shape index (κ2) is 5.63. The summed E-state index contributed by atoms with van der Waals surface area (Å²) in [6, 6.07) is 5.36. The zero-order valence-electron chi connectivity index (χ0n) is 12.7.